The van der Waals surface area contributed by atoms with Crippen molar-refractivity contribution in [1.82, 2.24) is 10.0 Å². The highest BCUT2D eigenvalue weighted by molar-refractivity contribution is 4.60. The topological polar surface area (TPSA) is 99.0 Å². The zero-order valence-electron chi connectivity index (χ0n) is 8.76. The molecule has 6 N–H and O–H groups in total. The number of hydrazine groups is 1. The van der Waals surface area contributed by atoms with E-state index in [0.29, 0.717) is 32.7 Å². The fourth-order valence-corrected chi connectivity index (χ4v) is 1.33. The van der Waals surface area contributed by atoms with Gasteiger partial charge in [-0.15, -0.1) is 0 Å². The molecule has 0 radical (unpaired) electrons. The summed E-state index contributed by atoms with van der Waals surface area (Å²) in [6, 6.07) is 0. The zero-order chi connectivity index (χ0) is 11.0. The van der Waals surface area contributed by atoms with Crippen LogP contribution in [0.5, 0.6) is 0 Å². The van der Waals surface area contributed by atoms with Crippen molar-refractivity contribution >= 4 is 0 Å². The summed E-state index contributed by atoms with van der Waals surface area (Å²) in [6.45, 7) is 4.25. The lowest BCUT2D eigenvalue weighted by Crippen LogP contribution is -2.52. The van der Waals surface area contributed by atoms with E-state index in [-0.39, 0.29) is 6.61 Å². The van der Waals surface area contributed by atoms with Crippen molar-refractivity contribution < 1.29 is 10.2 Å². The maximum Gasteiger partial charge on any atom is 0.117 e. The Labute approximate surface area is 85.1 Å². The predicted molar refractivity (Wildman–Crippen MR) is 55.2 cm³/mol. The standard InChI is InChI=1S/C8H22N4O2/c1-8(14)12(5-3-10)11(4-2-9)6-7-13/h8,13-14H,2-7,9-10H2,1H3. The first kappa shape index (κ1) is 13.8. The molecule has 0 aromatic carbocycles. The van der Waals surface area contributed by atoms with Crippen LogP contribution in [-0.4, -0.2) is 65.8 Å². The van der Waals surface area contributed by atoms with E-state index in [2.05, 4.69) is 0 Å². The number of aliphatic hydroxyl groups is 2. The molecule has 0 fully saturated rings. The molecule has 0 saturated heterocycles. The molecule has 0 aliphatic heterocycles. The van der Waals surface area contributed by atoms with Gasteiger partial charge in [0.05, 0.1) is 6.61 Å². The Morgan fingerprint density at radius 2 is 1.71 bits per heavy atom. The van der Waals surface area contributed by atoms with E-state index in [0.717, 1.165) is 0 Å². The van der Waals surface area contributed by atoms with Crippen LogP contribution in [0.15, 0.2) is 0 Å². The van der Waals surface area contributed by atoms with Crippen LogP contribution in [0.25, 0.3) is 0 Å². The Kier molecular flexibility index (Phi) is 7.96. The third-order valence-corrected chi connectivity index (χ3v) is 1.90. The van der Waals surface area contributed by atoms with Gasteiger partial charge in [0.1, 0.15) is 6.23 Å². The quantitative estimate of drug-likeness (QED) is 0.265. The first-order valence-corrected chi connectivity index (χ1v) is 4.88. The van der Waals surface area contributed by atoms with E-state index in [4.69, 9.17) is 16.6 Å². The van der Waals surface area contributed by atoms with E-state index in [1.807, 2.05) is 5.01 Å². The molecule has 86 valence electrons. The van der Waals surface area contributed by atoms with Crippen molar-refractivity contribution in [3.63, 3.8) is 0 Å². The SMILES string of the molecule is CC(O)N(CCN)N(CCN)CCO. The van der Waals surface area contributed by atoms with Gasteiger partial charge in [-0.25, -0.2) is 10.0 Å². The number of nitrogens with two attached hydrogens (primary N) is 2. The second-order valence-corrected chi connectivity index (χ2v) is 3.05. The number of hydrogen-bond donors (Lipinski definition) is 4. The van der Waals surface area contributed by atoms with Crippen LogP contribution in [0.4, 0.5) is 0 Å². The maximum atomic E-state index is 9.47. The van der Waals surface area contributed by atoms with Crippen LogP contribution < -0.4 is 11.5 Å². The minimum atomic E-state index is -0.614. The number of nitrogens with zero attached hydrogens (tertiary/aromatic N) is 2. The summed E-state index contributed by atoms with van der Waals surface area (Å²) >= 11 is 0. The second kappa shape index (κ2) is 8.10. The molecule has 6 heteroatoms. The van der Waals surface area contributed by atoms with Crippen LogP contribution in [0.1, 0.15) is 6.92 Å². The highest BCUT2D eigenvalue weighted by atomic mass is 16.3. The molecule has 6 nitrogen and oxygen atoms in total. The van der Waals surface area contributed by atoms with Crippen LogP contribution in [-0.2, 0) is 0 Å². The normalized spacial score (nSPS) is 13.9. The monoisotopic (exact) mass is 206 g/mol. The molecule has 0 spiro atoms. The Hall–Kier alpha value is -0.240. The largest absolute Gasteiger partial charge is 0.395 e. The lowest BCUT2D eigenvalue weighted by atomic mass is 10.5. The maximum absolute atomic E-state index is 9.47. The van der Waals surface area contributed by atoms with E-state index in [9.17, 15) is 5.11 Å². The smallest absolute Gasteiger partial charge is 0.117 e. The van der Waals surface area contributed by atoms with Gasteiger partial charge < -0.3 is 21.7 Å². The summed E-state index contributed by atoms with van der Waals surface area (Å²) in [4.78, 5) is 0. The first-order valence-electron chi connectivity index (χ1n) is 4.88. The molecule has 1 atom stereocenters. The van der Waals surface area contributed by atoms with E-state index in [1.54, 1.807) is 11.9 Å². The van der Waals surface area contributed by atoms with Gasteiger partial charge in [-0.3, -0.25) is 0 Å². The highest BCUT2D eigenvalue weighted by Gasteiger charge is 2.17. The Morgan fingerprint density at radius 3 is 2.07 bits per heavy atom. The summed E-state index contributed by atoms with van der Waals surface area (Å²) in [5, 5.41) is 21.8. The number of rotatable bonds is 8. The minimum Gasteiger partial charge on any atom is -0.395 e. The van der Waals surface area contributed by atoms with Gasteiger partial charge in [0.25, 0.3) is 0 Å². The molecule has 0 rings (SSSR count). The summed E-state index contributed by atoms with van der Waals surface area (Å²) in [7, 11) is 0. The van der Waals surface area contributed by atoms with E-state index >= 15 is 0 Å². The molecule has 0 aliphatic carbocycles. The lowest BCUT2D eigenvalue weighted by molar-refractivity contribution is -0.132. The van der Waals surface area contributed by atoms with Gasteiger partial charge in [-0.2, -0.15) is 0 Å². The van der Waals surface area contributed by atoms with Crippen LogP contribution in [0.2, 0.25) is 0 Å². The van der Waals surface area contributed by atoms with Crippen LogP contribution >= 0.6 is 0 Å². The van der Waals surface area contributed by atoms with Gasteiger partial charge in [-0.1, -0.05) is 0 Å². The average Bonchev–Trinajstić information content (AvgIpc) is 2.13. The van der Waals surface area contributed by atoms with E-state index < -0.39 is 6.23 Å². The predicted octanol–water partition coefficient (Wildman–Crippen LogP) is -2.25. The van der Waals surface area contributed by atoms with Crippen molar-refractivity contribution in [3.05, 3.63) is 0 Å². The van der Waals surface area contributed by atoms with Crippen molar-refractivity contribution in [2.24, 2.45) is 11.5 Å². The summed E-state index contributed by atoms with van der Waals surface area (Å²) in [5.74, 6) is 0. The molecule has 0 bridgehead atoms. The Morgan fingerprint density at radius 1 is 1.14 bits per heavy atom. The molecule has 0 aliphatic rings. The fraction of sp³-hybridized carbons (Fsp3) is 1.00. The summed E-state index contributed by atoms with van der Waals surface area (Å²) in [5.41, 5.74) is 10.9. The lowest BCUT2D eigenvalue weighted by Gasteiger charge is -2.36. The summed E-state index contributed by atoms with van der Waals surface area (Å²) in [6.07, 6.45) is -0.614. The van der Waals surface area contributed by atoms with Crippen molar-refractivity contribution in [2.45, 2.75) is 13.2 Å². The van der Waals surface area contributed by atoms with E-state index in [1.165, 1.54) is 0 Å². The third-order valence-electron chi connectivity index (χ3n) is 1.90. The molecular weight excluding hydrogens is 184 g/mol. The van der Waals surface area contributed by atoms with Gasteiger partial charge in [0, 0.05) is 32.7 Å². The molecule has 1 unspecified atom stereocenters. The molecule has 0 amide bonds. The fourth-order valence-electron chi connectivity index (χ4n) is 1.33. The number of aliphatic hydroxyl groups excluding tert-OH is 2. The molecule has 14 heavy (non-hydrogen) atoms. The van der Waals surface area contributed by atoms with Crippen molar-refractivity contribution in [3.8, 4) is 0 Å². The number of hydrogen-bond acceptors (Lipinski definition) is 6. The zero-order valence-corrected chi connectivity index (χ0v) is 8.76. The molecule has 0 aromatic rings. The Bertz CT molecular complexity index is 129. The van der Waals surface area contributed by atoms with Gasteiger partial charge in [0.15, 0.2) is 0 Å². The summed E-state index contributed by atoms with van der Waals surface area (Å²) < 4.78 is 0. The van der Waals surface area contributed by atoms with Crippen molar-refractivity contribution in [2.75, 3.05) is 39.3 Å². The third kappa shape index (κ3) is 4.85. The molecule has 0 heterocycles. The van der Waals surface area contributed by atoms with Gasteiger partial charge in [-0.05, 0) is 6.92 Å². The van der Waals surface area contributed by atoms with Crippen LogP contribution in [0, 0.1) is 0 Å². The van der Waals surface area contributed by atoms with Crippen LogP contribution in [0.3, 0.4) is 0 Å². The molecule has 0 saturated carbocycles. The molecule has 0 aromatic heterocycles. The average molecular weight is 206 g/mol. The van der Waals surface area contributed by atoms with Gasteiger partial charge >= 0.3 is 0 Å². The highest BCUT2D eigenvalue weighted by Crippen LogP contribution is 2.01. The second-order valence-electron chi connectivity index (χ2n) is 3.05. The Balaban J connectivity index is 4.21. The minimum absolute atomic E-state index is 0.0355. The van der Waals surface area contributed by atoms with Crippen molar-refractivity contribution in [1.29, 1.82) is 0 Å². The first-order chi connectivity index (χ1) is 6.67. The molecular formula is C8H22N4O2. The van der Waals surface area contributed by atoms with Gasteiger partial charge in [0.2, 0.25) is 0 Å².